The van der Waals surface area contributed by atoms with E-state index in [2.05, 4.69) is 82.1 Å². The smallest absolute Gasteiger partial charge is 0.407 e. The Morgan fingerprint density at radius 2 is 1.23 bits per heavy atom. The molecule has 5 aliphatic carbocycles. The summed E-state index contributed by atoms with van der Waals surface area (Å²) in [6.07, 6.45) is 13.0. The number of alkyl carbamates (subject to hydrolysis) is 2. The van der Waals surface area contributed by atoms with E-state index in [4.69, 9.17) is 19.4 Å². The van der Waals surface area contributed by atoms with Crippen molar-refractivity contribution in [1.29, 1.82) is 0 Å². The molecule has 24 heteroatoms. The number of benzene rings is 3. The number of H-pyrrole nitrogens is 2. The van der Waals surface area contributed by atoms with Crippen molar-refractivity contribution in [3.05, 3.63) is 101 Å². The lowest BCUT2D eigenvalue weighted by Crippen LogP contribution is -2.49. The Morgan fingerprint density at radius 3 is 1.74 bits per heavy atom. The summed E-state index contributed by atoms with van der Waals surface area (Å²) in [4.78, 5) is 72.6. The maximum atomic E-state index is 14.2. The highest BCUT2D eigenvalue weighted by molar-refractivity contribution is 7.98. The first-order valence-electron chi connectivity index (χ1n) is 25.5. The summed E-state index contributed by atoms with van der Waals surface area (Å²) in [5.41, 5.74) is 10.9. The fourth-order valence-electron chi connectivity index (χ4n) is 10.9. The minimum atomic E-state index is -3.69. The summed E-state index contributed by atoms with van der Waals surface area (Å²) in [5.74, 6) is 1.66. The van der Waals surface area contributed by atoms with Crippen LogP contribution >= 0.6 is 23.5 Å². The number of sulfonamides is 2. The van der Waals surface area contributed by atoms with E-state index in [-0.39, 0.29) is 38.3 Å². The molecule has 7 aliphatic rings. The number of nitrogens with zero attached hydrogens (tertiary/aromatic N) is 6. The van der Waals surface area contributed by atoms with E-state index >= 15 is 0 Å². The summed E-state index contributed by atoms with van der Waals surface area (Å²) < 4.78 is 63.7. The van der Waals surface area contributed by atoms with E-state index in [1.54, 1.807) is 0 Å². The van der Waals surface area contributed by atoms with Gasteiger partial charge in [-0.3, -0.25) is 9.59 Å². The minimum absolute atomic E-state index is 0.00116. The number of ether oxygens (including phenoxy) is 2. The van der Waals surface area contributed by atoms with Gasteiger partial charge < -0.3 is 39.9 Å². The summed E-state index contributed by atoms with van der Waals surface area (Å²) in [6, 6.07) is 15.6. The number of aromatic amines is 2. The molecule has 6 atom stereocenters. The number of carbonyl (C=O) groups is 4. The van der Waals surface area contributed by atoms with Gasteiger partial charge in [0.15, 0.2) is 0 Å². The number of hydrogen-bond donors (Lipinski definition) is 4. The van der Waals surface area contributed by atoms with Crippen LogP contribution in [0, 0.1) is 11.8 Å². The van der Waals surface area contributed by atoms with Crippen molar-refractivity contribution in [1.82, 2.24) is 49.0 Å². The van der Waals surface area contributed by atoms with Gasteiger partial charge in [-0.15, -0.1) is 0 Å². The summed E-state index contributed by atoms with van der Waals surface area (Å²) >= 11 is 3.05. The second-order valence-corrected chi connectivity index (χ2v) is 26.2. The Labute approximate surface area is 457 Å². The van der Waals surface area contributed by atoms with E-state index in [1.807, 2.05) is 24.6 Å². The standard InChI is InChI=1S/C53H66N10O10S4/c1-31-22-35-11-9-32(23-38(35)36-14-16-40-44(25-36)56-48(54-40)46-27-60(76(6,68)69)29-62(46)50(64)42(18-20-74-4)58-52(66)72-2)8-10-33-12-13-34(31)24-39(33)37-15-17-41-45(26-37)57-49(55-41)47-28-61(77(7,70)71)30-63(47)51(65)43(19-21-75-5)59-53(67)73-3/h9,11-17,23,25-26,31,34,42-43,46-47H,8,10,18-22,24,27-30H2,1-7H3,(H,54,56)(H,55,57)(H,58,66)(H,59,67)/t31-,34-,42+,43+,46+,47+/m1/s1. The number of imidazole rings is 2. The molecular formula is C53H66N10O10S4. The third-order valence-electron chi connectivity index (χ3n) is 15.2. The van der Waals surface area contributed by atoms with Gasteiger partial charge in [0.1, 0.15) is 35.8 Å². The molecule has 0 spiro atoms. The van der Waals surface area contributed by atoms with Crippen molar-refractivity contribution < 1.29 is 45.5 Å². The lowest BCUT2D eigenvalue weighted by atomic mass is 9.75. The number of aromatic nitrogens is 4. The van der Waals surface area contributed by atoms with Crippen LogP contribution in [0.5, 0.6) is 0 Å². The molecule has 3 aromatic carbocycles. The van der Waals surface area contributed by atoms with Crippen molar-refractivity contribution in [2.24, 2.45) is 11.8 Å². The Morgan fingerprint density at radius 1 is 0.714 bits per heavy atom. The summed E-state index contributed by atoms with van der Waals surface area (Å²) in [7, 11) is -4.92. The zero-order chi connectivity index (χ0) is 54.9. The average Bonchev–Trinajstić information content (AvgIpc) is 4.24. The van der Waals surface area contributed by atoms with Gasteiger partial charge in [0.05, 0.1) is 62.1 Å². The van der Waals surface area contributed by atoms with E-state index in [9.17, 15) is 36.0 Å². The first-order chi connectivity index (χ1) is 36.8. The molecule has 2 fully saturated rings. The highest BCUT2D eigenvalue weighted by Crippen LogP contribution is 2.42. The highest BCUT2D eigenvalue weighted by Gasteiger charge is 2.44. The van der Waals surface area contributed by atoms with Crippen LogP contribution in [0.4, 0.5) is 9.59 Å². The van der Waals surface area contributed by atoms with Crippen LogP contribution in [0.3, 0.4) is 0 Å². The van der Waals surface area contributed by atoms with Crippen molar-refractivity contribution in [2.45, 2.75) is 69.6 Å². The number of aryl methyl sites for hydroxylation is 1. The van der Waals surface area contributed by atoms with Gasteiger partial charge in [-0.25, -0.2) is 36.4 Å². The Hall–Kier alpha value is -5.92. The number of fused-ring (bicyclic) bond motifs is 2. The molecule has 0 unspecified atom stereocenters. The monoisotopic (exact) mass is 1130 g/mol. The highest BCUT2D eigenvalue weighted by atomic mass is 32.2. The molecule has 2 aliphatic heterocycles. The van der Waals surface area contributed by atoms with Crippen LogP contribution in [0.1, 0.15) is 73.0 Å². The minimum Gasteiger partial charge on any atom is -0.453 e. The molecule has 5 aromatic rings. The molecular weight excluding hydrogens is 1060 g/mol. The second kappa shape index (κ2) is 23.2. The number of thioether (sulfide) groups is 2. The second-order valence-electron chi connectivity index (χ2n) is 20.3. The van der Waals surface area contributed by atoms with Crippen LogP contribution in [0.25, 0.3) is 38.8 Å². The zero-order valence-corrected chi connectivity index (χ0v) is 47.5. The molecule has 12 rings (SSSR count). The average molecular weight is 1130 g/mol. The number of methoxy groups -OCH3 is 2. The largest absolute Gasteiger partial charge is 0.453 e. The number of carbonyl (C=O) groups excluding carboxylic acids is 4. The molecule has 412 valence electrons. The molecule has 2 saturated heterocycles. The van der Waals surface area contributed by atoms with Crippen LogP contribution in [-0.4, -0.2) is 168 Å². The lowest BCUT2D eigenvalue weighted by Gasteiger charge is -2.29. The topological polar surface area (TPSA) is 249 Å². The van der Waals surface area contributed by atoms with Crippen LogP contribution in [0.15, 0.2) is 72.3 Å². The van der Waals surface area contributed by atoms with Gasteiger partial charge >= 0.3 is 12.2 Å². The van der Waals surface area contributed by atoms with Crippen LogP contribution in [0.2, 0.25) is 0 Å². The van der Waals surface area contributed by atoms with E-state index in [0.717, 1.165) is 65.9 Å². The molecule has 0 saturated carbocycles. The first-order valence-corrected chi connectivity index (χ1v) is 31.9. The van der Waals surface area contributed by atoms with Crippen molar-refractivity contribution in [3.63, 3.8) is 0 Å². The molecule has 4 bridgehead atoms. The Bertz CT molecular complexity index is 3380. The van der Waals surface area contributed by atoms with E-state index < -0.39 is 68.2 Å². The van der Waals surface area contributed by atoms with E-state index in [0.29, 0.717) is 47.0 Å². The molecule has 4 amide bonds. The Kier molecular flexibility index (Phi) is 16.8. The third kappa shape index (κ3) is 12.2. The SMILES string of the molecule is COC(=O)N[C@@H](CCSC)C(=O)N1CN(S(C)(=O)=O)C[C@H]1c1nc2ccc(C3=C4C=C[C@H](C3)[C@H](C)Cc3ccc(cc3-c3ccc5nc([C@@H]6CN(S(C)(=O)=O)CN6C(=O)[C@H](CCSC)NC(=O)OC)[nH]c5c3)CC4)cc2[nH]1. The summed E-state index contributed by atoms with van der Waals surface area (Å²) in [5, 5.41) is 5.29. The van der Waals surface area contributed by atoms with Crippen molar-refractivity contribution in [3.8, 4) is 11.1 Å². The predicted molar refractivity (Wildman–Crippen MR) is 300 cm³/mol. The predicted octanol–water partition coefficient (Wildman–Crippen LogP) is 6.42. The maximum Gasteiger partial charge on any atom is 0.407 e. The van der Waals surface area contributed by atoms with Crippen molar-refractivity contribution >= 4 is 95.2 Å². The fraction of sp³-hybridized carbons (Fsp3) is 0.472. The lowest BCUT2D eigenvalue weighted by molar-refractivity contribution is -0.135. The number of allylic oxidation sites excluding steroid dienone is 4. The van der Waals surface area contributed by atoms with E-state index in [1.165, 1.54) is 78.4 Å². The number of amides is 4. The normalized spacial score (nSPS) is 21.1. The van der Waals surface area contributed by atoms with Gasteiger partial charge in [-0.1, -0.05) is 49.4 Å². The van der Waals surface area contributed by atoms with Gasteiger partial charge in [-0.2, -0.15) is 32.1 Å². The Balaban J connectivity index is 0.983. The van der Waals surface area contributed by atoms with Crippen LogP contribution in [-0.2, 0) is 52.0 Å². The van der Waals surface area contributed by atoms with Crippen molar-refractivity contribution in [2.75, 3.05) is 77.2 Å². The summed E-state index contributed by atoms with van der Waals surface area (Å²) in [6.45, 7) is 1.91. The van der Waals surface area contributed by atoms with Gasteiger partial charge in [0.25, 0.3) is 0 Å². The molecule has 2 aromatic heterocycles. The quantitative estimate of drug-likeness (QED) is 0.0833. The zero-order valence-electron chi connectivity index (χ0n) is 44.2. The van der Waals surface area contributed by atoms with Crippen LogP contribution < -0.4 is 10.6 Å². The molecule has 77 heavy (non-hydrogen) atoms. The van der Waals surface area contributed by atoms with Gasteiger partial charge in [0, 0.05) is 13.1 Å². The number of rotatable bonds is 16. The molecule has 4 heterocycles. The number of nitrogens with one attached hydrogen (secondary N) is 4. The fourth-order valence-corrected chi connectivity index (χ4v) is 13.3. The molecule has 4 N–H and O–H groups in total. The third-order valence-corrected chi connectivity index (χ3v) is 18.9. The molecule has 0 radical (unpaired) electrons. The number of hydrogen-bond acceptors (Lipinski definition) is 14. The van der Waals surface area contributed by atoms with Gasteiger partial charge in [-0.05, 0) is 138 Å². The first kappa shape index (κ1) is 55.8. The molecule has 20 nitrogen and oxygen atoms in total. The maximum absolute atomic E-state index is 14.2. The van der Waals surface area contributed by atoms with Gasteiger partial charge in [0.2, 0.25) is 31.9 Å².